The lowest BCUT2D eigenvalue weighted by atomic mass is 9.94. The summed E-state index contributed by atoms with van der Waals surface area (Å²) in [6, 6.07) is 0.0323. The fourth-order valence-corrected chi connectivity index (χ4v) is 2.07. The number of nitrogens with one attached hydrogen (secondary N) is 1. The molecule has 18 heavy (non-hydrogen) atoms. The van der Waals surface area contributed by atoms with Gasteiger partial charge in [0.05, 0.1) is 24.9 Å². The Hall–Kier alpha value is -1.07. The van der Waals surface area contributed by atoms with Crippen LogP contribution < -0.4 is 10.1 Å². The first-order valence-electron chi connectivity index (χ1n) is 6.40. The Balaban J connectivity index is 3.23. The average molecular weight is 255 g/mol. The Morgan fingerprint density at radius 3 is 2.50 bits per heavy atom. The van der Waals surface area contributed by atoms with Crippen LogP contribution in [-0.2, 0) is 11.3 Å². The maximum absolute atomic E-state index is 5.62. The maximum atomic E-state index is 5.62. The molecule has 0 aliphatic heterocycles. The Labute approximate surface area is 109 Å². The Kier molecular flexibility index (Phi) is 5.16. The van der Waals surface area contributed by atoms with Crippen LogP contribution in [0.15, 0.2) is 6.20 Å². The molecule has 1 aromatic heterocycles. The summed E-state index contributed by atoms with van der Waals surface area (Å²) in [6.45, 7) is 9.94. The van der Waals surface area contributed by atoms with Crippen molar-refractivity contribution >= 4 is 0 Å². The van der Waals surface area contributed by atoms with Crippen molar-refractivity contribution < 1.29 is 9.47 Å². The van der Waals surface area contributed by atoms with Crippen molar-refractivity contribution in [3.63, 3.8) is 0 Å². The molecule has 0 fully saturated rings. The van der Waals surface area contributed by atoms with Crippen molar-refractivity contribution in [1.29, 1.82) is 0 Å². The molecule has 0 amide bonds. The van der Waals surface area contributed by atoms with Gasteiger partial charge in [-0.05, 0) is 27.3 Å². The van der Waals surface area contributed by atoms with Crippen LogP contribution in [-0.4, -0.2) is 36.1 Å². The highest BCUT2D eigenvalue weighted by atomic mass is 16.5. The van der Waals surface area contributed by atoms with Gasteiger partial charge >= 0.3 is 0 Å². The maximum Gasteiger partial charge on any atom is 0.161 e. The van der Waals surface area contributed by atoms with Crippen LogP contribution in [0.25, 0.3) is 0 Å². The van der Waals surface area contributed by atoms with Crippen LogP contribution in [0.5, 0.6) is 5.75 Å². The molecule has 1 rings (SSSR count). The predicted octanol–water partition coefficient (Wildman–Crippen LogP) is 1.99. The van der Waals surface area contributed by atoms with Gasteiger partial charge in [0.1, 0.15) is 5.69 Å². The molecule has 0 spiro atoms. The second kappa shape index (κ2) is 6.20. The van der Waals surface area contributed by atoms with E-state index in [1.165, 1.54) is 0 Å². The molecule has 0 saturated heterocycles. The first-order chi connectivity index (χ1) is 8.51. The van der Waals surface area contributed by atoms with Gasteiger partial charge in [0, 0.05) is 13.7 Å². The summed E-state index contributed by atoms with van der Waals surface area (Å²) in [5.41, 5.74) is 0.699. The number of hydrogen-bond acceptors (Lipinski definition) is 4. The molecule has 1 heterocycles. The summed E-state index contributed by atoms with van der Waals surface area (Å²) < 4.78 is 13.0. The van der Waals surface area contributed by atoms with E-state index in [1.807, 2.05) is 4.68 Å². The fraction of sp³-hybridized carbons (Fsp3) is 0.769. The van der Waals surface area contributed by atoms with Gasteiger partial charge in [-0.15, -0.1) is 0 Å². The molecule has 0 aromatic carbocycles. The summed E-state index contributed by atoms with van der Waals surface area (Å²) in [4.78, 5) is 0. The number of likely N-dealkylation sites (N-methyl/N-ethyl adjacent to an activating group) is 1. The topological polar surface area (TPSA) is 48.3 Å². The predicted molar refractivity (Wildman–Crippen MR) is 72.0 cm³/mol. The highest BCUT2D eigenvalue weighted by molar-refractivity contribution is 5.30. The number of nitrogens with zero attached hydrogens (tertiary/aromatic N) is 2. The number of ether oxygens (including phenoxy) is 2. The van der Waals surface area contributed by atoms with Crippen molar-refractivity contribution in [1.82, 2.24) is 15.1 Å². The van der Waals surface area contributed by atoms with E-state index >= 15 is 0 Å². The molecule has 0 saturated carbocycles. The molecule has 1 aromatic rings. The van der Waals surface area contributed by atoms with Gasteiger partial charge in [-0.25, -0.2) is 0 Å². The van der Waals surface area contributed by atoms with E-state index in [-0.39, 0.29) is 11.6 Å². The van der Waals surface area contributed by atoms with Crippen molar-refractivity contribution in [2.45, 2.75) is 45.9 Å². The van der Waals surface area contributed by atoms with Crippen molar-refractivity contribution in [3.8, 4) is 5.75 Å². The first-order valence-corrected chi connectivity index (χ1v) is 6.40. The number of aromatic nitrogens is 2. The quantitative estimate of drug-likeness (QED) is 0.809. The summed E-state index contributed by atoms with van der Waals surface area (Å²) >= 11 is 0. The standard InChI is InChI=1S/C13H25N3O2/c1-7-14-12(13(3,4)18-6)11-10(17-5)9-15-16(11)8-2/h9,12,14H,7-8H2,1-6H3. The number of hydrogen-bond donors (Lipinski definition) is 1. The van der Waals surface area contributed by atoms with Gasteiger partial charge in [-0.1, -0.05) is 6.92 Å². The summed E-state index contributed by atoms with van der Waals surface area (Å²) in [6.07, 6.45) is 1.76. The summed E-state index contributed by atoms with van der Waals surface area (Å²) in [5, 5.41) is 7.81. The normalized spacial score (nSPS) is 13.7. The minimum Gasteiger partial charge on any atom is -0.493 e. The highest BCUT2D eigenvalue weighted by Gasteiger charge is 2.35. The molecule has 0 bridgehead atoms. The Morgan fingerprint density at radius 2 is 2.06 bits per heavy atom. The van der Waals surface area contributed by atoms with Gasteiger partial charge < -0.3 is 14.8 Å². The van der Waals surface area contributed by atoms with Crippen LogP contribution >= 0.6 is 0 Å². The number of methoxy groups -OCH3 is 2. The fourth-order valence-electron chi connectivity index (χ4n) is 2.07. The summed E-state index contributed by atoms with van der Waals surface area (Å²) in [5.74, 6) is 0.799. The van der Waals surface area contributed by atoms with Crippen molar-refractivity contribution in [2.24, 2.45) is 0 Å². The SMILES string of the molecule is CCNC(c1c(OC)cnn1CC)C(C)(C)OC. The number of rotatable bonds is 7. The van der Waals surface area contributed by atoms with Gasteiger partial charge in [0.15, 0.2) is 5.75 Å². The molecule has 0 aliphatic carbocycles. The zero-order chi connectivity index (χ0) is 13.8. The number of aryl methyl sites for hydroxylation is 1. The zero-order valence-corrected chi connectivity index (χ0v) is 12.3. The van der Waals surface area contributed by atoms with E-state index in [1.54, 1.807) is 20.4 Å². The second-order valence-corrected chi connectivity index (χ2v) is 4.71. The molecule has 1 atom stereocenters. The molecule has 1 N–H and O–H groups in total. The van der Waals surface area contributed by atoms with Crippen molar-refractivity contribution in [2.75, 3.05) is 20.8 Å². The molecule has 1 unspecified atom stereocenters. The molecular formula is C13H25N3O2. The van der Waals surface area contributed by atoms with Crippen LogP contribution in [0.2, 0.25) is 0 Å². The van der Waals surface area contributed by atoms with Gasteiger partial charge in [-0.2, -0.15) is 5.10 Å². The molecular weight excluding hydrogens is 230 g/mol. The molecule has 0 aliphatic rings. The lowest BCUT2D eigenvalue weighted by molar-refractivity contribution is -0.0136. The second-order valence-electron chi connectivity index (χ2n) is 4.71. The third kappa shape index (κ3) is 2.84. The van der Waals surface area contributed by atoms with Gasteiger partial charge in [0.2, 0.25) is 0 Å². The Morgan fingerprint density at radius 1 is 1.39 bits per heavy atom. The smallest absolute Gasteiger partial charge is 0.161 e. The lowest BCUT2D eigenvalue weighted by Gasteiger charge is -2.34. The largest absolute Gasteiger partial charge is 0.493 e. The molecule has 5 nitrogen and oxygen atoms in total. The van der Waals surface area contributed by atoms with E-state index in [0.717, 1.165) is 24.5 Å². The Bertz CT molecular complexity index is 353. The minimum atomic E-state index is -0.337. The molecule has 104 valence electrons. The van der Waals surface area contributed by atoms with Crippen LogP contribution in [0, 0.1) is 0 Å². The lowest BCUT2D eigenvalue weighted by Crippen LogP contribution is -2.42. The van der Waals surface area contributed by atoms with Crippen LogP contribution in [0.3, 0.4) is 0 Å². The van der Waals surface area contributed by atoms with Crippen LogP contribution in [0.1, 0.15) is 39.4 Å². The molecule has 0 radical (unpaired) electrons. The van der Waals surface area contributed by atoms with E-state index in [2.05, 4.69) is 38.1 Å². The van der Waals surface area contributed by atoms with Crippen LogP contribution in [0.4, 0.5) is 0 Å². The summed E-state index contributed by atoms with van der Waals surface area (Å²) in [7, 11) is 3.40. The first kappa shape index (κ1) is 15.0. The molecule has 5 heteroatoms. The van der Waals surface area contributed by atoms with E-state index in [0.29, 0.717) is 0 Å². The highest BCUT2D eigenvalue weighted by Crippen LogP contribution is 2.34. The van der Waals surface area contributed by atoms with Gasteiger partial charge in [0.25, 0.3) is 0 Å². The van der Waals surface area contributed by atoms with E-state index in [9.17, 15) is 0 Å². The minimum absolute atomic E-state index is 0.0323. The third-order valence-corrected chi connectivity index (χ3v) is 3.27. The van der Waals surface area contributed by atoms with E-state index < -0.39 is 0 Å². The zero-order valence-electron chi connectivity index (χ0n) is 12.3. The van der Waals surface area contributed by atoms with Gasteiger partial charge in [-0.3, -0.25) is 4.68 Å². The monoisotopic (exact) mass is 255 g/mol. The van der Waals surface area contributed by atoms with Crippen molar-refractivity contribution in [3.05, 3.63) is 11.9 Å². The average Bonchev–Trinajstić information content (AvgIpc) is 2.78. The third-order valence-electron chi connectivity index (χ3n) is 3.27. The van der Waals surface area contributed by atoms with E-state index in [4.69, 9.17) is 9.47 Å².